The third kappa shape index (κ3) is 4.38. The van der Waals surface area contributed by atoms with Crippen LogP contribution in [0.5, 0.6) is 5.75 Å². The summed E-state index contributed by atoms with van der Waals surface area (Å²) in [5.41, 5.74) is 1.97. The molecular weight excluding hydrogens is 362 g/mol. The molecule has 0 fully saturated rings. The minimum absolute atomic E-state index is 0.141. The smallest absolute Gasteiger partial charge is 0.292 e. The van der Waals surface area contributed by atoms with Gasteiger partial charge in [0.25, 0.3) is 5.56 Å². The summed E-state index contributed by atoms with van der Waals surface area (Å²) in [6.07, 6.45) is 3.31. The molecule has 0 aliphatic rings. The van der Waals surface area contributed by atoms with Crippen molar-refractivity contribution in [1.29, 1.82) is 0 Å². The van der Waals surface area contributed by atoms with E-state index >= 15 is 0 Å². The second-order valence-electron chi connectivity index (χ2n) is 6.00. The average molecular weight is 382 g/mol. The van der Waals surface area contributed by atoms with Crippen molar-refractivity contribution in [2.75, 3.05) is 18.6 Å². The van der Waals surface area contributed by atoms with Gasteiger partial charge in [-0.05, 0) is 29.8 Å². The Morgan fingerprint density at radius 2 is 1.89 bits per heavy atom. The minimum Gasteiger partial charge on any atom is -0.490 e. The predicted molar refractivity (Wildman–Crippen MR) is 109 cm³/mol. The van der Waals surface area contributed by atoms with E-state index in [1.54, 1.807) is 12.3 Å². The maximum Gasteiger partial charge on any atom is 0.292 e. The molecule has 0 atom stereocenters. The van der Waals surface area contributed by atoms with E-state index < -0.39 is 0 Å². The first-order valence-electron chi connectivity index (χ1n) is 8.47. The first-order chi connectivity index (χ1) is 13.1. The van der Waals surface area contributed by atoms with Crippen molar-refractivity contribution >= 4 is 17.3 Å². The second kappa shape index (κ2) is 8.56. The molecule has 0 unspecified atom stereocenters. The Hall–Kier alpha value is -3.05. The number of hydrogen-bond donors (Lipinski definition) is 0. The Bertz CT molecular complexity index is 969. The third-order valence-corrected chi connectivity index (χ3v) is 4.38. The number of aromatic nitrogens is 2. The van der Waals surface area contributed by atoms with Gasteiger partial charge in [0.05, 0.1) is 17.6 Å². The summed E-state index contributed by atoms with van der Waals surface area (Å²) < 4.78 is 6.78. The highest BCUT2D eigenvalue weighted by molar-refractivity contribution is 6.33. The molecule has 0 saturated heterocycles. The first-order valence-corrected chi connectivity index (χ1v) is 8.85. The first kappa shape index (κ1) is 18.7. The lowest BCUT2D eigenvalue weighted by Crippen LogP contribution is -2.26. The monoisotopic (exact) mass is 381 g/mol. The quantitative estimate of drug-likeness (QED) is 0.578. The summed E-state index contributed by atoms with van der Waals surface area (Å²) in [5.74, 6) is 0.784. The SMILES string of the molecule is C=CCOc1ccc(CN(C)c2cnn(-c3ccccc3)c(=O)c2Cl)cc1. The van der Waals surface area contributed by atoms with Crippen LogP contribution < -0.4 is 15.2 Å². The molecule has 27 heavy (non-hydrogen) atoms. The molecule has 3 rings (SSSR count). The van der Waals surface area contributed by atoms with E-state index in [0.29, 0.717) is 24.5 Å². The van der Waals surface area contributed by atoms with Gasteiger partial charge in [-0.1, -0.05) is 54.6 Å². The highest BCUT2D eigenvalue weighted by atomic mass is 35.5. The number of nitrogens with zero attached hydrogens (tertiary/aromatic N) is 3. The van der Waals surface area contributed by atoms with Gasteiger partial charge < -0.3 is 9.64 Å². The number of anilines is 1. The van der Waals surface area contributed by atoms with Gasteiger partial charge in [-0.2, -0.15) is 9.78 Å². The van der Waals surface area contributed by atoms with Gasteiger partial charge in [-0.25, -0.2) is 0 Å². The molecule has 3 aromatic rings. The van der Waals surface area contributed by atoms with Gasteiger partial charge in [-0.15, -0.1) is 0 Å². The molecule has 0 saturated carbocycles. The zero-order chi connectivity index (χ0) is 19.2. The predicted octanol–water partition coefficient (Wildman–Crippen LogP) is 4.09. The standard InChI is InChI=1S/C21H20ClN3O2/c1-3-13-27-18-11-9-16(10-12-18)15-24(2)19-14-23-25(21(26)20(19)22)17-7-5-4-6-8-17/h3-12,14H,1,13,15H2,2H3. The summed E-state index contributed by atoms with van der Waals surface area (Å²) in [6.45, 7) is 4.68. The molecule has 2 aromatic carbocycles. The summed E-state index contributed by atoms with van der Waals surface area (Å²) in [7, 11) is 1.87. The fraction of sp³-hybridized carbons (Fsp3) is 0.143. The molecule has 0 spiro atoms. The van der Waals surface area contributed by atoms with Gasteiger partial charge in [-0.3, -0.25) is 4.79 Å². The highest BCUT2D eigenvalue weighted by Crippen LogP contribution is 2.23. The molecule has 0 aliphatic heterocycles. The summed E-state index contributed by atoms with van der Waals surface area (Å²) in [5, 5.41) is 4.41. The van der Waals surface area contributed by atoms with Crippen LogP contribution in [0.3, 0.4) is 0 Å². The molecule has 1 aromatic heterocycles. The number of rotatable bonds is 7. The normalized spacial score (nSPS) is 10.4. The van der Waals surface area contributed by atoms with Crippen LogP contribution in [0.25, 0.3) is 5.69 Å². The Morgan fingerprint density at radius 3 is 2.56 bits per heavy atom. The van der Waals surface area contributed by atoms with Crippen LogP contribution in [0.2, 0.25) is 5.02 Å². The molecule has 0 aliphatic carbocycles. The number of ether oxygens (including phenoxy) is 1. The average Bonchev–Trinajstić information content (AvgIpc) is 2.70. The Balaban J connectivity index is 1.79. The number of hydrogen-bond acceptors (Lipinski definition) is 4. The number of halogens is 1. The molecular formula is C21H20ClN3O2. The maximum atomic E-state index is 12.6. The lowest BCUT2D eigenvalue weighted by Gasteiger charge is -2.20. The van der Waals surface area contributed by atoms with Gasteiger partial charge >= 0.3 is 0 Å². The van der Waals surface area contributed by atoms with Crippen molar-refractivity contribution < 1.29 is 4.74 Å². The molecule has 5 nitrogen and oxygen atoms in total. The van der Waals surface area contributed by atoms with Crippen LogP contribution in [0.15, 0.2) is 78.2 Å². The second-order valence-corrected chi connectivity index (χ2v) is 6.37. The number of para-hydroxylation sites is 1. The van der Waals surface area contributed by atoms with E-state index in [2.05, 4.69) is 11.7 Å². The van der Waals surface area contributed by atoms with Crippen LogP contribution in [0, 0.1) is 0 Å². The largest absolute Gasteiger partial charge is 0.490 e. The van der Waals surface area contributed by atoms with E-state index in [0.717, 1.165) is 11.3 Å². The van der Waals surface area contributed by atoms with Crippen molar-refractivity contribution in [3.63, 3.8) is 0 Å². The van der Waals surface area contributed by atoms with Crippen molar-refractivity contribution in [1.82, 2.24) is 9.78 Å². The Labute approximate surface area is 163 Å². The summed E-state index contributed by atoms with van der Waals surface area (Å²) in [6, 6.07) is 16.9. The summed E-state index contributed by atoms with van der Waals surface area (Å²) in [4.78, 5) is 14.5. The summed E-state index contributed by atoms with van der Waals surface area (Å²) >= 11 is 6.35. The molecule has 0 bridgehead atoms. The minimum atomic E-state index is -0.347. The van der Waals surface area contributed by atoms with Crippen LogP contribution in [-0.2, 0) is 6.54 Å². The zero-order valence-corrected chi connectivity index (χ0v) is 15.8. The fourth-order valence-electron chi connectivity index (χ4n) is 2.65. The Morgan fingerprint density at radius 1 is 1.19 bits per heavy atom. The van der Waals surface area contributed by atoms with E-state index in [1.165, 1.54) is 4.68 Å². The molecule has 0 radical (unpaired) electrons. The number of benzene rings is 2. The lowest BCUT2D eigenvalue weighted by atomic mass is 10.2. The van der Waals surface area contributed by atoms with Crippen molar-refractivity contribution in [3.05, 3.63) is 94.4 Å². The molecule has 0 amide bonds. The van der Waals surface area contributed by atoms with Gasteiger partial charge in [0.1, 0.15) is 17.4 Å². The van der Waals surface area contributed by atoms with Crippen molar-refractivity contribution in [3.8, 4) is 11.4 Å². The van der Waals surface area contributed by atoms with E-state index in [4.69, 9.17) is 16.3 Å². The van der Waals surface area contributed by atoms with E-state index in [-0.39, 0.29) is 10.6 Å². The highest BCUT2D eigenvalue weighted by Gasteiger charge is 2.14. The van der Waals surface area contributed by atoms with E-state index in [9.17, 15) is 4.79 Å². The van der Waals surface area contributed by atoms with Gasteiger partial charge in [0, 0.05) is 13.6 Å². The van der Waals surface area contributed by atoms with Crippen molar-refractivity contribution in [2.24, 2.45) is 0 Å². The molecule has 6 heteroatoms. The maximum absolute atomic E-state index is 12.6. The van der Waals surface area contributed by atoms with Crippen LogP contribution in [-0.4, -0.2) is 23.4 Å². The molecule has 138 valence electrons. The zero-order valence-electron chi connectivity index (χ0n) is 15.0. The van der Waals surface area contributed by atoms with E-state index in [1.807, 2.05) is 66.5 Å². The topological polar surface area (TPSA) is 47.4 Å². The van der Waals surface area contributed by atoms with Gasteiger partial charge in [0.2, 0.25) is 0 Å². The fourth-order valence-corrected chi connectivity index (χ4v) is 2.92. The van der Waals surface area contributed by atoms with Crippen molar-refractivity contribution in [2.45, 2.75) is 6.54 Å². The van der Waals surface area contributed by atoms with Crippen LogP contribution in [0.1, 0.15) is 5.56 Å². The Kier molecular flexibility index (Phi) is 5.94. The van der Waals surface area contributed by atoms with Crippen LogP contribution in [0.4, 0.5) is 5.69 Å². The van der Waals surface area contributed by atoms with Gasteiger partial charge in [0.15, 0.2) is 0 Å². The third-order valence-electron chi connectivity index (χ3n) is 4.02. The molecule has 1 heterocycles. The molecule has 0 N–H and O–H groups in total. The van der Waals surface area contributed by atoms with Crippen LogP contribution >= 0.6 is 11.6 Å². The lowest BCUT2D eigenvalue weighted by molar-refractivity contribution is 0.363.